The van der Waals surface area contributed by atoms with Gasteiger partial charge in [0.25, 0.3) is 5.91 Å². The van der Waals surface area contributed by atoms with Crippen LogP contribution in [0.1, 0.15) is 47.3 Å². The molecule has 0 spiro atoms. The van der Waals surface area contributed by atoms with Gasteiger partial charge in [-0.1, -0.05) is 18.2 Å². The summed E-state index contributed by atoms with van der Waals surface area (Å²) in [6, 6.07) is 6.59. The first-order chi connectivity index (χ1) is 13.3. The molecule has 1 aliphatic heterocycles. The number of nitrogens with zero attached hydrogens (tertiary/aromatic N) is 4. The molecule has 0 aliphatic carbocycles. The number of amides is 1. The standard InChI is InChI=1S/C21H29FN4O2/c1-14-12-17-19(23-25(5)20(17)15(2)28-14)21(27)26(11-10-24(3)4)13-16-8-6-7-9-18(16)22/h6-9,14-15H,10-13H2,1-5H3/t14-,15+/m1/s1. The zero-order chi connectivity index (χ0) is 20.4. The van der Waals surface area contributed by atoms with Crippen molar-refractivity contribution in [3.63, 3.8) is 0 Å². The smallest absolute Gasteiger partial charge is 0.274 e. The molecule has 0 N–H and O–H groups in total. The van der Waals surface area contributed by atoms with Gasteiger partial charge in [0, 0.05) is 44.2 Å². The Hall–Kier alpha value is -2.25. The molecule has 0 unspecified atom stereocenters. The minimum atomic E-state index is -0.302. The lowest BCUT2D eigenvalue weighted by molar-refractivity contribution is -0.00907. The summed E-state index contributed by atoms with van der Waals surface area (Å²) in [5.41, 5.74) is 2.85. The first-order valence-corrected chi connectivity index (χ1v) is 9.66. The van der Waals surface area contributed by atoms with E-state index in [4.69, 9.17) is 4.74 Å². The van der Waals surface area contributed by atoms with E-state index >= 15 is 0 Å². The van der Waals surface area contributed by atoms with Gasteiger partial charge < -0.3 is 14.5 Å². The number of aryl methyl sites for hydroxylation is 1. The van der Waals surface area contributed by atoms with Crippen LogP contribution in [-0.4, -0.2) is 58.8 Å². The maximum absolute atomic E-state index is 14.2. The third-order valence-corrected chi connectivity index (χ3v) is 5.13. The van der Waals surface area contributed by atoms with Gasteiger partial charge in [0.1, 0.15) is 5.82 Å². The van der Waals surface area contributed by atoms with Crippen LogP contribution in [0.15, 0.2) is 24.3 Å². The first-order valence-electron chi connectivity index (χ1n) is 9.66. The summed E-state index contributed by atoms with van der Waals surface area (Å²) >= 11 is 0. The molecule has 7 heteroatoms. The summed E-state index contributed by atoms with van der Waals surface area (Å²) in [4.78, 5) is 17.1. The Morgan fingerprint density at radius 1 is 1.29 bits per heavy atom. The quantitative estimate of drug-likeness (QED) is 0.764. The molecule has 1 aromatic heterocycles. The minimum Gasteiger partial charge on any atom is -0.369 e. The van der Waals surface area contributed by atoms with Crippen molar-refractivity contribution < 1.29 is 13.9 Å². The highest BCUT2D eigenvalue weighted by molar-refractivity contribution is 5.94. The second-order valence-electron chi connectivity index (χ2n) is 7.75. The van der Waals surface area contributed by atoms with Crippen LogP contribution in [0.5, 0.6) is 0 Å². The van der Waals surface area contributed by atoms with Crippen molar-refractivity contribution in [2.24, 2.45) is 7.05 Å². The topological polar surface area (TPSA) is 50.6 Å². The van der Waals surface area contributed by atoms with Crippen LogP contribution >= 0.6 is 0 Å². The number of hydrogen-bond donors (Lipinski definition) is 0. The highest BCUT2D eigenvalue weighted by Gasteiger charge is 2.33. The molecule has 2 heterocycles. The monoisotopic (exact) mass is 388 g/mol. The fourth-order valence-electron chi connectivity index (χ4n) is 3.77. The molecule has 28 heavy (non-hydrogen) atoms. The van der Waals surface area contributed by atoms with E-state index in [0.717, 1.165) is 11.3 Å². The maximum Gasteiger partial charge on any atom is 0.274 e. The fourth-order valence-corrected chi connectivity index (χ4v) is 3.77. The number of aromatic nitrogens is 2. The highest BCUT2D eigenvalue weighted by Crippen LogP contribution is 2.32. The highest BCUT2D eigenvalue weighted by atomic mass is 19.1. The molecule has 6 nitrogen and oxygen atoms in total. The number of fused-ring (bicyclic) bond motifs is 1. The van der Waals surface area contributed by atoms with Gasteiger partial charge in [0.2, 0.25) is 0 Å². The normalized spacial score (nSPS) is 19.0. The number of rotatable bonds is 6. The van der Waals surface area contributed by atoms with E-state index in [-0.39, 0.29) is 30.5 Å². The van der Waals surface area contributed by atoms with Crippen molar-refractivity contribution in [2.75, 3.05) is 27.2 Å². The average molecular weight is 388 g/mol. The van der Waals surface area contributed by atoms with Crippen molar-refractivity contribution in [1.29, 1.82) is 0 Å². The third-order valence-electron chi connectivity index (χ3n) is 5.13. The number of carbonyl (C=O) groups excluding carboxylic acids is 1. The maximum atomic E-state index is 14.2. The fraction of sp³-hybridized carbons (Fsp3) is 0.524. The second kappa shape index (κ2) is 8.41. The zero-order valence-electron chi connectivity index (χ0n) is 17.3. The first kappa shape index (κ1) is 20.5. The third kappa shape index (κ3) is 4.25. The van der Waals surface area contributed by atoms with Crippen molar-refractivity contribution in [3.05, 3.63) is 52.6 Å². The van der Waals surface area contributed by atoms with Gasteiger partial charge in [-0.25, -0.2) is 4.39 Å². The van der Waals surface area contributed by atoms with Gasteiger partial charge in [-0.3, -0.25) is 9.48 Å². The SMILES string of the molecule is C[C@@H]1Cc2c(C(=O)N(CCN(C)C)Cc3ccccc3F)nn(C)c2[C@H](C)O1. The lowest BCUT2D eigenvalue weighted by atomic mass is 9.99. The Morgan fingerprint density at radius 2 is 2.00 bits per heavy atom. The van der Waals surface area contributed by atoms with Gasteiger partial charge in [0.05, 0.1) is 17.9 Å². The summed E-state index contributed by atoms with van der Waals surface area (Å²) in [5.74, 6) is -0.466. The van der Waals surface area contributed by atoms with Gasteiger partial charge in [0.15, 0.2) is 5.69 Å². The Bertz CT molecular complexity index is 849. The van der Waals surface area contributed by atoms with Crippen LogP contribution in [0.2, 0.25) is 0 Å². The Labute approximate surface area is 165 Å². The summed E-state index contributed by atoms with van der Waals surface area (Å²) < 4.78 is 21.8. The van der Waals surface area contributed by atoms with E-state index in [2.05, 4.69) is 5.10 Å². The molecule has 1 aromatic carbocycles. The van der Waals surface area contributed by atoms with Crippen molar-refractivity contribution in [1.82, 2.24) is 19.6 Å². The predicted octanol–water partition coefficient (Wildman–Crippen LogP) is 2.79. The summed E-state index contributed by atoms with van der Waals surface area (Å²) in [6.45, 7) is 5.38. The minimum absolute atomic E-state index is 0.0278. The largest absolute Gasteiger partial charge is 0.369 e. The van der Waals surface area contributed by atoms with E-state index < -0.39 is 0 Å². The lowest BCUT2D eigenvalue weighted by Gasteiger charge is -2.27. The van der Waals surface area contributed by atoms with Crippen molar-refractivity contribution >= 4 is 5.91 Å². The predicted molar refractivity (Wildman–Crippen MR) is 106 cm³/mol. The van der Waals surface area contributed by atoms with Crippen LogP contribution in [0.25, 0.3) is 0 Å². The van der Waals surface area contributed by atoms with Gasteiger partial charge >= 0.3 is 0 Å². The molecular weight excluding hydrogens is 359 g/mol. The molecule has 3 rings (SSSR count). The van der Waals surface area contributed by atoms with Crippen LogP contribution in [-0.2, 0) is 24.8 Å². The van der Waals surface area contributed by atoms with E-state index in [9.17, 15) is 9.18 Å². The molecule has 0 bridgehead atoms. The molecule has 2 atom stereocenters. The number of ether oxygens (including phenoxy) is 1. The van der Waals surface area contributed by atoms with Crippen molar-refractivity contribution in [3.8, 4) is 0 Å². The number of hydrogen-bond acceptors (Lipinski definition) is 4. The lowest BCUT2D eigenvalue weighted by Crippen LogP contribution is -2.37. The number of likely N-dealkylation sites (N-methyl/N-ethyl adjacent to an activating group) is 1. The molecule has 0 radical (unpaired) electrons. The molecular formula is C21H29FN4O2. The molecule has 0 saturated carbocycles. The summed E-state index contributed by atoms with van der Waals surface area (Å²) in [7, 11) is 5.75. The van der Waals surface area contributed by atoms with Crippen LogP contribution in [0, 0.1) is 5.82 Å². The van der Waals surface area contributed by atoms with Crippen LogP contribution in [0.3, 0.4) is 0 Å². The molecule has 1 aliphatic rings. The van der Waals surface area contributed by atoms with Crippen LogP contribution < -0.4 is 0 Å². The van der Waals surface area contributed by atoms with Crippen molar-refractivity contribution in [2.45, 2.75) is 39.0 Å². The Kier molecular flexibility index (Phi) is 6.15. The van der Waals surface area contributed by atoms with E-state index in [1.54, 1.807) is 27.8 Å². The Balaban J connectivity index is 1.93. The summed E-state index contributed by atoms with van der Waals surface area (Å²) in [5, 5.41) is 4.53. The molecule has 0 saturated heterocycles. The van der Waals surface area contributed by atoms with E-state index in [1.165, 1.54) is 6.07 Å². The molecule has 152 valence electrons. The van der Waals surface area contributed by atoms with E-state index in [0.29, 0.717) is 30.8 Å². The number of halogens is 1. The number of carbonyl (C=O) groups is 1. The molecule has 2 aromatic rings. The average Bonchev–Trinajstić information content (AvgIpc) is 2.96. The van der Waals surface area contributed by atoms with Gasteiger partial charge in [-0.2, -0.15) is 5.10 Å². The second-order valence-corrected chi connectivity index (χ2v) is 7.75. The van der Waals surface area contributed by atoms with Gasteiger partial charge in [-0.05, 0) is 34.0 Å². The van der Waals surface area contributed by atoms with Crippen LogP contribution in [0.4, 0.5) is 4.39 Å². The van der Waals surface area contributed by atoms with Gasteiger partial charge in [-0.15, -0.1) is 0 Å². The Morgan fingerprint density at radius 3 is 2.68 bits per heavy atom. The summed E-state index contributed by atoms with van der Waals surface area (Å²) in [6.07, 6.45) is 0.565. The molecule has 0 fully saturated rings. The molecule has 1 amide bonds. The van der Waals surface area contributed by atoms with E-state index in [1.807, 2.05) is 39.9 Å². The number of benzene rings is 1. The zero-order valence-corrected chi connectivity index (χ0v) is 17.3.